The highest BCUT2D eigenvalue weighted by atomic mass is 32.2. The minimum atomic E-state index is -0.195. The Kier molecular flexibility index (Phi) is 7.05. The van der Waals surface area contributed by atoms with Gasteiger partial charge >= 0.3 is 0 Å². The van der Waals surface area contributed by atoms with Crippen molar-refractivity contribution in [3.8, 4) is 0 Å². The number of likely N-dealkylation sites (tertiary alicyclic amines) is 1. The summed E-state index contributed by atoms with van der Waals surface area (Å²) < 4.78 is 0. The van der Waals surface area contributed by atoms with Gasteiger partial charge in [0.05, 0.1) is 0 Å². The molecule has 3 amide bonds. The van der Waals surface area contributed by atoms with Crippen molar-refractivity contribution in [2.24, 2.45) is 11.8 Å². The summed E-state index contributed by atoms with van der Waals surface area (Å²) in [7, 11) is 0. The second-order valence-electron chi connectivity index (χ2n) is 5.38. The van der Waals surface area contributed by atoms with Gasteiger partial charge in [-0.1, -0.05) is 13.8 Å². The van der Waals surface area contributed by atoms with Gasteiger partial charge in [-0.25, -0.2) is 0 Å². The monoisotopic (exact) mass is 300 g/mol. The molecule has 0 aromatic heterocycles. The summed E-state index contributed by atoms with van der Waals surface area (Å²) in [5.74, 6) is 0.718. The summed E-state index contributed by atoms with van der Waals surface area (Å²) in [5, 5.41) is 2.76. The molecule has 0 aliphatic carbocycles. The highest BCUT2D eigenvalue weighted by molar-refractivity contribution is 7.98. The van der Waals surface area contributed by atoms with E-state index in [2.05, 4.69) is 5.32 Å². The quantitative estimate of drug-likeness (QED) is 0.541. The maximum absolute atomic E-state index is 12.0. The molecule has 1 aliphatic rings. The van der Waals surface area contributed by atoms with E-state index in [-0.39, 0.29) is 36.1 Å². The van der Waals surface area contributed by atoms with Crippen LogP contribution in [0.4, 0.5) is 0 Å². The molecule has 0 radical (unpaired) electrons. The average Bonchev–Trinajstić information content (AvgIpc) is 2.67. The van der Waals surface area contributed by atoms with Crippen LogP contribution in [0.5, 0.6) is 0 Å². The second kappa shape index (κ2) is 8.29. The van der Waals surface area contributed by atoms with Gasteiger partial charge < -0.3 is 5.32 Å². The first kappa shape index (κ1) is 17.0. The molecule has 1 aliphatic heterocycles. The Bertz CT molecular complexity index is 371. The number of amides is 3. The maximum Gasteiger partial charge on any atom is 0.233 e. The zero-order valence-electron chi connectivity index (χ0n) is 12.5. The minimum Gasteiger partial charge on any atom is -0.354 e. The summed E-state index contributed by atoms with van der Waals surface area (Å²) in [4.78, 5) is 36.6. The van der Waals surface area contributed by atoms with Crippen molar-refractivity contribution in [1.29, 1.82) is 0 Å². The number of hydrogen-bond donors (Lipinski definition) is 1. The topological polar surface area (TPSA) is 66.5 Å². The number of nitrogens with one attached hydrogen (secondary N) is 1. The first-order chi connectivity index (χ1) is 9.47. The molecule has 114 valence electrons. The van der Waals surface area contributed by atoms with E-state index in [1.807, 2.05) is 20.1 Å². The fourth-order valence-corrected chi connectivity index (χ4v) is 2.67. The van der Waals surface area contributed by atoms with Crippen molar-refractivity contribution in [1.82, 2.24) is 10.2 Å². The van der Waals surface area contributed by atoms with Crippen molar-refractivity contribution in [2.45, 2.75) is 33.1 Å². The highest BCUT2D eigenvalue weighted by Gasteiger charge is 2.39. The van der Waals surface area contributed by atoms with E-state index in [9.17, 15) is 14.4 Å². The Morgan fingerprint density at radius 1 is 1.45 bits per heavy atom. The van der Waals surface area contributed by atoms with Crippen molar-refractivity contribution in [3.63, 3.8) is 0 Å². The minimum absolute atomic E-state index is 0.0152. The molecule has 1 rings (SSSR count). The number of hydrogen-bond acceptors (Lipinski definition) is 4. The smallest absolute Gasteiger partial charge is 0.233 e. The van der Waals surface area contributed by atoms with Crippen molar-refractivity contribution in [3.05, 3.63) is 0 Å². The SMILES string of the molecule is CSCCCC(=O)NCCN1C(=O)CC(C(C)C)C1=O. The van der Waals surface area contributed by atoms with Crippen LogP contribution >= 0.6 is 11.8 Å². The number of nitrogens with zero attached hydrogens (tertiary/aromatic N) is 1. The third kappa shape index (κ3) is 4.81. The Labute approximate surface area is 124 Å². The van der Waals surface area contributed by atoms with Crippen LogP contribution in [0.15, 0.2) is 0 Å². The molecule has 1 N–H and O–H groups in total. The molecule has 0 aromatic rings. The third-order valence-electron chi connectivity index (χ3n) is 3.49. The number of carbonyl (C=O) groups excluding carboxylic acids is 3. The Balaban J connectivity index is 2.30. The third-order valence-corrected chi connectivity index (χ3v) is 4.19. The molecular formula is C14H24N2O3S. The van der Waals surface area contributed by atoms with Gasteiger partial charge in [0.15, 0.2) is 0 Å². The molecule has 20 heavy (non-hydrogen) atoms. The van der Waals surface area contributed by atoms with Crippen molar-refractivity contribution < 1.29 is 14.4 Å². The first-order valence-electron chi connectivity index (χ1n) is 7.07. The summed E-state index contributed by atoms with van der Waals surface area (Å²) in [6.45, 7) is 4.54. The molecule has 1 unspecified atom stereocenters. The molecule has 0 saturated carbocycles. The first-order valence-corrected chi connectivity index (χ1v) is 8.46. The molecule has 0 aromatic carbocycles. The lowest BCUT2D eigenvalue weighted by atomic mass is 9.94. The second-order valence-corrected chi connectivity index (χ2v) is 6.37. The fraction of sp³-hybridized carbons (Fsp3) is 0.786. The van der Waals surface area contributed by atoms with Crippen molar-refractivity contribution in [2.75, 3.05) is 25.1 Å². The van der Waals surface area contributed by atoms with Crippen LogP contribution in [0.25, 0.3) is 0 Å². The summed E-state index contributed by atoms with van der Waals surface area (Å²) in [6, 6.07) is 0. The number of carbonyl (C=O) groups is 3. The zero-order valence-corrected chi connectivity index (χ0v) is 13.3. The van der Waals surface area contributed by atoms with E-state index in [0.717, 1.165) is 12.2 Å². The molecule has 5 nitrogen and oxygen atoms in total. The standard InChI is InChI=1S/C14H24N2O3S/c1-10(2)11-9-13(18)16(14(11)19)7-6-15-12(17)5-4-8-20-3/h10-11H,4-9H2,1-3H3,(H,15,17). The number of imide groups is 1. The van der Waals surface area contributed by atoms with Gasteiger partial charge in [-0.15, -0.1) is 0 Å². The van der Waals surface area contributed by atoms with Gasteiger partial charge in [0.25, 0.3) is 0 Å². The highest BCUT2D eigenvalue weighted by Crippen LogP contribution is 2.25. The molecule has 1 heterocycles. The van der Waals surface area contributed by atoms with E-state index in [4.69, 9.17) is 0 Å². The van der Waals surface area contributed by atoms with E-state index in [1.165, 1.54) is 4.90 Å². The van der Waals surface area contributed by atoms with Crippen LogP contribution < -0.4 is 5.32 Å². The van der Waals surface area contributed by atoms with Gasteiger partial charge in [-0.05, 0) is 24.3 Å². The van der Waals surface area contributed by atoms with Crippen LogP contribution in [0.2, 0.25) is 0 Å². The molecular weight excluding hydrogens is 276 g/mol. The summed E-state index contributed by atoms with van der Waals surface area (Å²) >= 11 is 1.71. The predicted octanol–water partition coefficient (Wildman–Crippen LogP) is 1.28. The fourth-order valence-electron chi connectivity index (χ4n) is 2.24. The Morgan fingerprint density at radius 2 is 2.15 bits per heavy atom. The van der Waals surface area contributed by atoms with Crippen molar-refractivity contribution >= 4 is 29.5 Å². The number of rotatable bonds is 8. The lowest BCUT2D eigenvalue weighted by Crippen LogP contribution is -2.38. The van der Waals surface area contributed by atoms with Crippen LogP contribution in [-0.4, -0.2) is 47.7 Å². The van der Waals surface area contributed by atoms with Gasteiger partial charge in [-0.3, -0.25) is 19.3 Å². The molecule has 0 spiro atoms. The van der Waals surface area contributed by atoms with Crippen LogP contribution in [0.1, 0.15) is 33.1 Å². The normalized spacial score (nSPS) is 19.0. The Morgan fingerprint density at radius 3 is 2.70 bits per heavy atom. The molecule has 0 bridgehead atoms. The average molecular weight is 300 g/mol. The van der Waals surface area contributed by atoms with E-state index in [1.54, 1.807) is 11.8 Å². The van der Waals surface area contributed by atoms with Crippen LogP contribution in [-0.2, 0) is 14.4 Å². The van der Waals surface area contributed by atoms with Crippen LogP contribution in [0, 0.1) is 11.8 Å². The van der Waals surface area contributed by atoms with Gasteiger partial charge in [-0.2, -0.15) is 11.8 Å². The van der Waals surface area contributed by atoms with E-state index in [0.29, 0.717) is 19.4 Å². The number of thioether (sulfide) groups is 1. The van der Waals surface area contributed by atoms with E-state index >= 15 is 0 Å². The molecule has 1 saturated heterocycles. The van der Waals surface area contributed by atoms with Gasteiger partial charge in [0.1, 0.15) is 0 Å². The van der Waals surface area contributed by atoms with Gasteiger partial charge in [0, 0.05) is 31.8 Å². The summed E-state index contributed by atoms with van der Waals surface area (Å²) in [5.41, 5.74) is 0. The largest absolute Gasteiger partial charge is 0.354 e. The predicted molar refractivity (Wildman–Crippen MR) is 80.3 cm³/mol. The molecule has 1 fully saturated rings. The maximum atomic E-state index is 12.0. The zero-order chi connectivity index (χ0) is 15.1. The lowest BCUT2D eigenvalue weighted by Gasteiger charge is -2.16. The van der Waals surface area contributed by atoms with Gasteiger partial charge in [0.2, 0.25) is 17.7 Å². The van der Waals surface area contributed by atoms with E-state index < -0.39 is 0 Å². The summed E-state index contributed by atoms with van der Waals surface area (Å²) in [6.07, 6.45) is 3.66. The van der Waals surface area contributed by atoms with Crippen LogP contribution in [0.3, 0.4) is 0 Å². The lowest BCUT2D eigenvalue weighted by molar-refractivity contribution is -0.140. The molecule has 6 heteroatoms. The molecule has 1 atom stereocenters. The Hall–Kier alpha value is -1.04.